The Balaban J connectivity index is 1.47. The summed E-state index contributed by atoms with van der Waals surface area (Å²) in [6.45, 7) is 2.53. The van der Waals surface area contributed by atoms with Gasteiger partial charge in [0.2, 0.25) is 4.77 Å². The summed E-state index contributed by atoms with van der Waals surface area (Å²) in [5.41, 5.74) is 5.48. The number of aromatic nitrogens is 4. The smallest absolute Gasteiger partial charge is 0.338 e. The average Bonchev–Trinajstić information content (AvgIpc) is 3.40. The Labute approximate surface area is 177 Å². The van der Waals surface area contributed by atoms with Crippen LogP contribution in [0, 0.1) is 4.77 Å². The lowest BCUT2D eigenvalue weighted by atomic mass is 10.1. The topological polar surface area (TPSA) is 98.0 Å². The number of nitrogens with one attached hydrogen (secondary N) is 2. The SMILES string of the molecule is CCOC(=O)c1ccc(-c2ccc(CNn3c(-c4ccncc4)n[nH]c3=S)o2)cc1. The molecule has 3 heterocycles. The number of rotatable bonds is 7. The number of nitrogens with zero attached hydrogens (tertiary/aromatic N) is 3. The molecule has 8 nitrogen and oxygen atoms in total. The van der Waals surface area contributed by atoms with Gasteiger partial charge in [-0.05, 0) is 55.5 Å². The van der Waals surface area contributed by atoms with Crippen LogP contribution in [0.15, 0.2) is 65.3 Å². The van der Waals surface area contributed by atoms with Crippen LogP contribution < -0.4 is 5.43 Å². The zero-order chi connectivity index (χ0) is 20.9. The number of carbonyl (C=O) groups excluding carboxylic acids is 1. The summed E-state index contributed by atoms with van der Waals surface area (Å²) >= 11 is 5.32. The molecule has 0 unspecified atom stereocenters. The summed E-state index contributed by atoms with van der Waals surface area (Å²) in [4.78, 5) is 15.8. The molecule has 30 heavy (non-hydrogen) atoms. The predicted octanol–water partition coefficient (Wildman–Crippen LogP) is 4.18. The molecular formula is C21H19N5O3S. The number of ether oxygens (including phenoxy) is 1. The zero-order valence-electron chi connectivity index (χ0n) is 16.2. The molecule has 0 amide bonds. The van der Waals surface area contributed by atoms with Gasteiger partial charge >= 0.3 is 5.97 Å². The van der Waals surface area contributed by atoms with Gasteiger partial charge in [-0.25, -0.2) is 14.6 Å². The van der Waals surface area contributed by atoms with Crippen molar-refractivity contribution < 1.29 is 13.9 Å². The standard InChI is InChI=1S/C21H19N5O3S/c1-2-28-20(27)16-5-3-14(4-6-16)18-8-7-17(29-18)13-23-26-19(24-25-21(26)30)15-9-11-22-12-10-15/h3-12,23H,2,13H2,1H3,(H,25,30). The van der Waals surface area contributed by atoms with Gasteiger partial charge < -0.3 is 14.6 Å². The van der Waals surface area contributed by atoms with E-state index in [2.05, 4.69) is 20.6 Å². The van der Waals surface area contributed by atoms with Crippen LogP contribution in [0.25, 0.3) is 22.7 Å². The van der Waals surface area contributed by atoms with E-state index in [1.807, 2.05) is 36.4 Å². The van der Waals surface area contributed by atoms with Crippen molar-refractivity contribution in [2.75, 3.05) is 12.0 Å². The second-order valence-electron chi connectivity index (χ2n) is 6.32. The molecule has 0 radical (unpaired) electrons. The third kappa shape index (κ3) is 4.15. The van der Waals surface area contributed by atoms with Crippen LogP contribution >= 0.6 is 12.2 Å². The Hall–Kier alpha value is -3.72. The molecule has 0 bridgehead atoms. The molecule has 0 spiro atoms. The summed E-state index contributed by atoms with van der Waals surface area (Å²) in [6, 6.07) is 14.6. The highest BCUT2D eigenvalue weighted by atomic mass is 32.1. The van der Waals surface area contributed by atoms with E-state index >= 15 is 0 Å². The van der Waals surface area contributed by atoms with Crippen molar-refractivity contribution in [2.45, 2.75) is 13.5 Å². The number of esters is 1. The van der Waals surface area contributed by atoms with Gasteiger partial charge in [0.15, 0.2) is 5.82 Å². The molecule has 4 rings (SSSR count). The molecule has 0 atom stereocenters. The predicted molar refractivity (Wildman–Crippen MR) is 114 cm³/mol. The van der Waals surface area contributed by atoms with Crippen LogP contribution in [-0.2, 0) is 11.3 Å². The normalized spacial score (nSPS) is 10.7. The molecule has 152 valence electrons. The highest BCUT2D eigenvalue weighted by Crippen LogP contribution is 2.23. The monoisotopic (exact) mass is 421 g/mol. The fourth-order valence-electron chi connectivity index (χ4n) is 2.91. The van der Waals surface area contributed by atoms with E-state index in [0.29, 0.717) is 35.1 Å². The van der Waals surface area contributed by atoms with Crippen molar-refractivity contribution in [1.29, 1.82) is 0 Å². The van der Waals surface area contributed by atoms with E-state index in [1.54, 1.807) is 36.1 Å². The number of benzene rings is 1. The Morgan fingerprint density at radius 1 is 1.13 bits per heavy atom. The van der Waals surface area contributed by atoms with Gasteiger partial charge in [0, 0.05) is 23.5 Å². The molecule has 3 aromatic heterocycles. The van der Waals surface area contributed by atoms with Gasteiger partial charge in [0.25, 0.3) is 0 Å². The number of hydrogen-bond donors (Lipinski definition) is 2. The first-order valence-electron chi connectivity index (χ1n) is 9.33. The number of aromatic amines is 1. The molecule has 4 aromatic rings. The zero-order valence-corrected chi connectivity index (χ0v) is 17.0. The maximum atomic E-state index is 11.8. The average molecular weight is 421 g/mol. The molecule has 0 saturated heterocycles. The molecule has 0 aliphatic heterocycles. The molecule has 0 saturated carbocycles. The van der Waals surface area contributed by atoms with Crippen molar-refractivity contribution >= 4 is 18.2 Å². The van der Waals surface area contributed by atoms with Crippen molar-refractivity contribution in [1.82, 2.24) is 19.9 Å². The molecule has 0 fully saturated rings. The van der Waals surface area contributed by atoms with E-state index in [-0.39, 0.29) is 5.97 Å². The largest absolute Gasteiger partial charge is 0.462 e. The number of pyridine rings is 1. The summed E-state index contributed by atoms with van der Waals surface area (Å²) in [5, 5.41) is 7.06. The lowest BCUT2D eigenvalue weighted by Crippen LogP contribution is -2.15. The number of carbonyl (C=O) groups is 1. The Morgan fingerprint density at radius 3 is 2.63 bits per heavy atom. The van der Waals surface area contributed by atoms with Crippen molar-refractivity contribution in [3.05, 3.63) is 77.0 Å². The van der Waals surface area contributed by atoms with E-state index in [9.17, 15) is 4.79 Å². The highest BCUT2D eigenvalue weighted by molar-refractivity contribution is 7.71. The minimum absolute atomic E-state index is 0.338. The Morgan fingerprint density at radius 2 is 1.90 bits per heavy atom. The minimum Gasteiger partial charge on any atom is -0.462 e. The fraction of sp³-hybridized carbons (Fsp3) is 0.143. The quantitative estimate of drug-likeness (QED) is 0.341. The third-order valence-corrected chi connectivity index (χ3v) is 4.64. The molecule has 9 heteroatoms. The summed E-state index contributed by atoms with van der Waals surface area (Å²) in [7, 11) is 0. The van der Waals surface area contributed by atoms with E-state index in [4.69, 9.17) is 21.4 Å². The first kappa shape index (κ1) is 19.6. The fourth-order valence-corrected chi connectivity index (χ4v) is 3.10. The van der Waals surface area contributed by atoms with Gasteiger partial charge in [0.1, 0.15) is 11.5 Å². The third-order valence-electron chi connectivity index (χ3n) is 4.36. The first-order chi connectivity index (χ1) is 14.7. The molecule has 1 aromatic carbocycles. The van der Waals surface area contributed by atoms with Gasteiger partial charge in [-0.1, -0.05) is 12.1 Å². The van der Waals surface area contributed by atoms with Crippen LogP contribution in [0.4, 0.5) is 0 Å². The van der Waals surface area contributed by atoms with Crippen molar-refractivity contribution in [2.24, 2.45) is 0 Å². The van der Waals surface area contributed by atoms with Crippen LogP contribution in [-0.4, -0.2) is 32.4 Å². The van der Waals surface area contributed by atoms with Crippen molar-refractivity contribution in [3.8, 4) is 22.7 Å². The maximum absolute atomic E-state index is 11.8. The van der Waals surface area contributed by atoms with Crippen LogP contribution in [0.3, 0.4) is 0 Å². The summed E-state index contributed by atoms with van der Waals surface area (Å²) in [6.07, 6.45) is 3.40. The maximum Gasteiger partial charge on any atom is 0.338 e. The second kappa shape index (κ2) is 8.75. The second-order valence-corrected chi connectivity index (χ2v) is 6.71. The number of furan rings is 1. The molecule has 0 aliphatic carbocycles. The molecule has 0 aliphatic rings. The molecule has 2 N–H and O–H groups in total. The van der Waals surface area contributed by atoms with Gasteiger partial charge in [-0.15, -0.1) is 0 Å². The van der Waals surface area contributed by atoms with E-state index < -0.39 is 0 Å². The van der Waals surface area contributed by atoms with Gasteiger partial charge in [-0.3, -0.25) is 4.98 Å². The Bertz CT molecular complexity index is 1200. The summed E-state index contributed by atoms with van der Waals surface area (Å²) < 4.78 is 13.1. The lowest BCUT2D eigenvalue weighted by Gasteiger charge is -2.08. The highest BCUT2D eigenvalue weighted by Gasteiger charge is 2.11. The Kier molecular flexibility index (Phi) is 5.71. The molecular weight excluding hydrogens is 402 g/mol. The number of H-pyrrole nitrogens is 1. The van der Waals surface area contributed by atoms with Crippen LogP contribution in [0.2, 0.25) is 0 Å². The van der Waals surface area contributed by atoms with E-state index in [1.165, 1.54) is 0 Å². The van der Waals surface area contributed by atoms with Crippen molar-refractivity contribution in [3.63, 3.8) is 0 Å². The lowest BCUT2D eigenvalue weighted by molar-refractivity contribution is 0.0526. The summed E-state index contributed by atoms with van der Waals surface area (Å²) in [5.74, 6) is 1.74. The van der Waals surface area contributed by atoms with Crippen LogP contribution in [0.1, 0.15) is 23.0 Å². The van der Waals surface area contributed by atoms with E-state index in [0.717, 1.165) is 16.9 Å². The van der Waals surface area contributed by atoms with Gasteiger partial charge in [-0.2, -0.15) is 5.10 Å². The first-order valence-corrected chi connectivity index (χ1v) is 9.74. The van der Waals surface area contributed by atoms with Crippen LogP contribution in [0.5, 0.6) is 0 Å². The minimum atomic E-state index is -0.338. The van der Waals surface area contributed by atoms with Gasteiger partial charge in [0.05, 0.1) is 18.7 Å². The number of hydrogen-bond acceptors (Lipinski definition) is 7.